The Balaban J connectivity index is 1.98. The van der Waals surface area contributed by atoms with E-state index >= 15 is 0 Å². The molecule has 0 saturated carbocycles. The molecule has 1 aromatic heterocycles. The van der Waals surface area contributed by atoms with Crippen molar-refractivity contribution in [2.75, 3.05) is 12.0 Å². The number of nitrogens with zero attached hydrogens (tertiary/aromatic N) is 2. The lowest BCUT2D eigenvalue weighted by Crippen LogP contribution is -2.48. The first kappa shape index (κ1) is 23.0. The smallest absolute Gasteiger partial charge is 0.425 e. The number of aromatic nitrogens is 1. The summed E-state index contributed by atoms with van der Waals surface area (Å²) in [6.07, 6.45) is -7.25. The van der Waals surface area contributed by atoms with Crippen molar-refractivity contribution in [3.8, 4) is 0 Å². The Labute approximate surface area is 182 Å². The summed E-state index contributed by atoms with van der Waals surface area (Å²) in [4.78, 5) is 19.8. The molecule has 31 heavy (non-hydrogen) atoms. The first-order valence-electron chi connectivity index (χ1n) is 8.52. The van der Waals surface area contributed by atoms with Gasteiger partial charge in [-0.05, 0) is 24.3 Å². The Morgan fingerprint density at radius 1 is 1.32 bits per heavy atom. The number of hydrogen-bond acceptors (Lipinski definition) is 5. The molecule has 2 atom stereocenters. The summed E-state index contributed by atoms with van der Waals surface area (Å²) in [5.41, 5.74) is 2.21. The first-order chi connectivity index (χ1) is 14.4. The molecule has 1 amide bonds. The number of amidine groups is 1. The fourth-order valence-electron chi connectivity index (χ4n) is 3.02. The van der Waals surface area contributed by atoms with Gasteiger partial charge in [0.15, 0.2) is 6.10 Å². The lowest BCUT2D eigenvalue weighted by molar-refractivity contribution is -0.209. The van der Waals surface area contributed by atoms with Gasteiger partial charge in [-0.2, -0.15) is 13.2 Å². The van der Waals surface area contributed by atoms with Crippen molar-refractivity contribution in [3.05, 3.63) is 57.6 Å². The molecule has 3 N–H and O–H groups in total. The van der Waals surface area contributed by atoms with Crippen LogP contribution in [0.1, 0.15) is 22.5 Å². The van der Waals surface area contributed by atoms with Crippen LogP contribution in [0.3, 0.4) is 0 Å². The third-order valence-electron chi connectivity index (χ3n) is 4.44. The molecule has 3 rings (SSSR count). The highest BCUT2D eigenvalue weighted by Gasteiger charge is 2.52. The summed E-state index contributed by atoms with van der Waals surface area (Å²) in [7, 11) is 0. The van der Waals surface area contributed by atoms with Crippen molar-refractivity contribution in [2.24, 2.45) is 10.7 Å². The average molecular weight is 483 g/mol. The van der Waals surface area contributed by atoms with Crippen LogP contribution in [0.2, 0.25) is 10.0 Å². The summed E-state index contributed by atoms with van der Waals surface area (Å²) >= 11 is 11.6. The molecule has 1 aliphatic heterocycles. The van der Waals surface area contributed by atoms with Crippen LogP contribution in [0.15, 0.2) is 35.5 Å². The van der Waals surface area contributed by atoms with E-state index in [0.29, 0.717) is 0 Å². The molecular weight excluding hydrogens is 470 g/mol. The van der Waals surface area contributed by atoms with Gasteiger partial charge >= 0.3 is 6.18 Å². The minimum atomic E-state index is -4.89. The van der Waals surface area contributed by atoms with Crippen LogP contribution in [0.4, 0.5) is 27.6 Å². The van der Waals surface area contributed by atoms with E-state index in [-0.39, 0.29) is 21.4 Å². The van der Waals surface area contributed by atoms with Gasteiger partial charge in [0.2, 0.25) is 0 Å². The van der Waals surface area contributed by atoms with E-state index < -0.39 is 54.2 Å². The molecule has 0 aliphatic carbocycles. The number of ether oxygens (including phenoxy) is 1. The zero-order valence-electron chi connectivity index (χ0n) is 15.3. The minimum absolute atomic E-state index is 0.0640. The van der Waals surface area contributed by atoms with Crippen LogP contribution >= 0.6 is 23.2 Å². The zero-order valence-corrected chi connectivity index (χ0v) is 16.8. The van der Waals surface area contributed by atoms with Crippen molar-refractivity contribution >= 4 is 40.8 Å². The molecule has 0 radical (unpaired) electrons. The summed E-state index contributed by atoms with van der Waals surface area (Å²) in [5.74, 6) is -1.85. The van der Waals surface area contributed by atoms with Crippen LogP contribution < -0.4 is 11.1 Å². The quantitative estimate of drug-likeness (QED) is 0.622. The van der Waals surface area contributed by atoms with Gasteiger partial charge < -0.3 is 15.8 Å². The molecule has 2 aromatic rings. The average Bonchev–Trinajstić information content (AvgIpc) is 2.68. The van der Waals surface area contributed by atoms with Crippen molar-refractivity contribution in [2.45, 2.75) is 24.2 Å². The third-order valence-corrected chi connectivity index (χ3v) is 4.94. The molecule has 166 valence electrons. The number of benzene rings is 1. The predicted molar refractivity (Wildman–Crippen MR) is 103 cm³/mol. The molecule has 1 aromatic carbocycles. The highest BCUT2D eigenvalue weighted by molar-refractivity contribution is 6.36. The normalized spacial score (nSPS) is 21.3. The number of halogens is 7. The van der Waals surface area contributed by atoms with Crippen LogP contribution in [-0.4, -0.2) is 35.9 Å². The predicted octanol–water partition coefficient (Wildman–Crippen LogP) is 4.61. The van der Waals surface area contributed by atoms with E-state index in [1.165, 1.54) is 12.3 Å². The molecule has 1 aliphatic rings. The van der Waals surface area contributed by atoms with Crippen molar-refractivity contribution in [3.63, 3.8) is 0 Å². The Morgan fingerprint density at radius 2 is 2.03 bits per heavy atom. The Bertz CT molecular complexity index is 1050. The van der Waals surface area contributed by atoms with Crippen molar-refractivity contribution < 1.29 is 31.5 Å². The highest BCUT2D eigenvalue weighted by atomic mass is 35.5. The van der Waals surface area contributed by atoms with E-state index in [9.17, 15) is 26.7 Å². The second-order valence-electron chi connectivity index (χ2n) is 6.60. The van der Waals surface area contributed by atoms with Crippen LogP contribution in [-0.2, 0) is 10.3 Å². The second-order valence-corrected chi connectivity index (χ2v) is 7.44. The van der Waals surface area contributed by atoms with E-state index in [1.807, 2.05) is 0 Å². The highest BCUT2D eigenvalue weighted by Crippen LogP contribution is 2.42. The number of pyridine rings is 1. The van der Waals surface area contributed by atoms with Crippen molar-refractivity contribution in [1.82, 2.24) is 4.98 Å². The zero-order chi connectivity index (χ0) is 23.0. The second kappa shape index (κ2) is 8.46. The van der Waals surface area contributed by atoms with Crippen LogP contribution in [0, 0.1) is 5.82 Å². The third kappa shape index (κ3) is 4.82. The van der Waals surface area contributed by atoms with Gasteiger partial charge in [0.25, 0.3) is 11.9 Å². The minimum Gasteiger partial charge on any atom is -0.452 e. The van der Waals surface area contributed by atoms with Gasteiger partial charge in [-0.25, -0.2) is 18.8 Å². The Kier molecular flexibility index (Phi) is 6.28. The molecule has 2 unspecified atom stereocenters. The van der Waals surface area contributed by atoms with Gasteiger partial charge in [0, 0.05) is 23.9 Å². The maximum absolute atomic E-state index is 14.5. The number of carbonyl (C=O) groups excluding carboxylic acids is 1. The molecule has 0 spiro atoms. The largest absolute Gasteiger partial charge is 0.452 e. The monoisotopic (exact) mass is 482 g/mol. The van der Waals surface area contributed by atoms with Gasteiger partial charge in [0.1, 0.15) is 23.7 Å². The van der Waals surface area contributed by atoms with E-state index in [0.717, 1.165) is 18.2 Å². The SMILES string of the molecule is NC1=NC(CF)(c2cc(NC(=O)c3ncc(Cl)cc3Cl)ccc2F)CC(C(F)(F)F)O1. The fourth-order valence-corrected chi connectivity index (χ4v) is 3.48. The topological polar surface area (TPSA) is 89.6 Å². The number of nitrogens with one attached hydrogen (secondary N) is 1. The summed E-state index contributed by atoms with van der Waals surface area (Å²) < 4.78 is 72.5. The lowest BCUT2D eigenvalue weighted by Gasteiger charge is -2.36. The molecule has 0 saturated heterocycles. The van der Waals surface area contributed by atoms with Crippen LogP contribution in [0.5, 0.6) is 0 Å². The maximum atomic E-state index is 14.5. The summed E-state index contributed by atoms with van der Waals surface area (Å²) in [6.45, 7) is -1.50. The van der Waals surface area contributed by atoms with Gasteiger partial charge in [0.05, 0.1) is 10.0 Å². The van der Waals surface area contributed by atoms with E-state index in [2.05, 4.69) is 20.0 Å². The molecule has 13 heteroatoms. The molecule has 0 fully saturated rings. The van der Waals surface area contributed by atoms with E-state index in [4.69, 9.17) is 28.9 Å². The van der Waals surface area contributed by atoms with Gasteiger partial charge in [-0.15, -0.1) is 0 Å². The number of aliphatic imine (C=N–C) groups is 1. The number of hydrogen-bond donors (Lipinski definition) is 2. The summed E-state index contributed by atoms with van der Waals surface area (Å²) in [6, 6.07) is 3.28. The fraction of sp³-hybridized carbons (Fsp3) is 0.278. The number of nitrogens with two attached hydrogens (primary N) is 1. The standard InChI is InChI=1S/C18H13Cl2F5N4O2/c19-8-3-11(20)14(27-6-8)15(30)28-9-1-2-12(22)10(4-9)17(7-21)5-13(18(23,24)25)31-16(26)29-17/h1-4,6,13H,5,7H2,(H2,26,29)(H,28,30). The number of alkyl halides is 4. The molecular formula is C18H13Cl2F5N4O2. The lowest BCUT2D eigenvalue weighted by atomic mass is 9.84. The number of rotatable bonds is 4. The maximum Gasteiger partial charge on any atom is 0.425 e. The van der Waals surface area contributed by atoms with Crippen LogP contribution in [0.25, 0.3) is 0 Å². The number of carbonyl (C=O) groups is 1. The molecule has 2 heterocycles. The molecule has 6 nitrogen and oxygen atoms in total. The Morgan fingerprint density at radius 3 is 2.65 bits per heavy atom. The first-order valence-corrected chi connectivity index (χ1v) is 9.28. The number of anilines is 1. The summed E-state index contributed by atoms with van der Waals surface area (Å²) in [5, 5.41) is 2.49. The Hall–Kier alpha value is -2.66. The van der Waals surface area contributed by atoms with Crippen molar-refractivity contribution in [1.29, 1.82) is 0 Å². The van der Waals surface area contributed by atoms with E-state index in [1.54, 1.807) is 0 Å². The number of amides is 1. The van der Waals surface area contributed by atoms with Gasteiger partial charge in [-0.3, -0.25) is 4.79 Å². The van der Waals surface area contributed by atoms with Gasteiger partial charge in [-0.1, -0.05) is 23.2 Å². The molecule has 0 bridgehead atoms.